The van der Waals surface area contributed by atoms with Gasteiger partial charge in [-0.1, -0.05) is 29.9 Å². The molecule has 0 unspecified atom stereocenters. The van der Waals surface area contributed by atoms with Gasteiger partial charge >= 0.3 is 0 Å². The Labute approximate surface area is 132 Å². The Bertz CT molecular complexity index is 702. The highest BCUT2D eigenvalue weighted by molar-refractivity contribution is 7.80. The van der Waals surface area contributed by atoms with Crippen LogP contribution in [0.3, 0.4) is 0 Å². The van der Waals surface area contributed by atoms with Gasteiger partial charge < -0.3 is 5.32 Å². The number of rotatable bonds is 2. The lowest BCUT2D eigenvalue weighted by Gasteiger charge is -2.19. The molecule has 0 aliphatic carbocycles. The molecule has 106 valence electrons. The van der Waals surface area contributed by atoms with E-state index in [1.807, 2.05) is 18.2 Å². The number of hydrazone groups is 1. The molecule has 0 bridgehead atoms. The lowest BCUT2D eigenvalue weighted by atomic mass is 10.1. The van der Waals surface area contributed by atoms with Crippen molar-refractivity contribution in [2.24, 2.45) is 5.10 Å². The second-order valence-electron chi connectivity index (χ2n) is 4.41. The quantitative estimate of drug-likeness (QED) is 0.658. The fourth-order valence-corrected chi connectivity index (χ4v) is 2.41. The van der Waals surface area contributed by atoms with E-state index in [2.05, 4.69) is 25.8 Å². The van der Waals surface area contributed by atoms with E-state index in [-0.39, 0.29) is 0 Å². The van der Waals surface area contributed by atoms with Crippen LogP contribution < -0.4 is 10.7 Å². The Kier molecular flexibility index (Phi) is 4.08. The van der Waals surface area contributed by atoms with E-state index in [0.29, 0.717) is 15.7 Å². The predicted molar refractivity (Wildman–Crippen MR) is 88.0 cm³/mol. The van der Waals surface area contributed by atoms with Gasteiger partial charge in [0, 0.05) is 25.4 Å². The van der Waals surface area contributed by atoms with Crippen molar-refractivity contribution in [3.05, 3.63) is 53.1 Å². The average molecular weight is 318 g/mol. The van der Waals surface area contributed by atoms with Crippen molar-refractivity contribution in [3.8, 4) is 0 Å². The van der Waals surface area contributed by atoms with E-state index in [9.17, 15) is 0 Å². The zero-order valence-corrected chi connectivity index (χ0v) is 12.6. The highest BCUT2D eigenvalue weighted by Crippen LogP contribution is 2.28. The second-order valence-corrected chi connectivity index (χ2v) is 5.22. The maximum atomic E-state index is 6.15. The van der Waals surface area contributed by atoms with Crippen LogP contribution in [0.4, 0.5) is 5.69 Å². The van der Waals surface area contributed by atoms with Crippen molar-refractivity contribution in [1.29, 1.82) is 0 Å². The third-order valence-corrected chi connectivity index (χ3v) is 3.64. The molecule has 1 aliphatic heterocycles. The zero-order chi connectivity index (χ0) is 14.7. The van der Waals surface area contributed by atoms with E-state index in [0.717, 1.165) is 30.1 Å². The minimum absolute atomic E-state index is 0.477. The average Bonchev–Trinajstić information content (AvgIpc) is 2.54. The van der Waals surface area contributed by atoms with Crippen molar-refractivity contribution in [3.63, 3.8) is 0 Å². The summed E-state index contributed by atoms with van der Waals surface area (Å²) in [5, 5.41) is 8.24. The SMILES string of the molecule is S=C(N/N=C1/CCNc2c(Cl)ccnc21)c1ccccn1. The van der Waals surface area contributed by atoms with Gasteiger partial charge in [0.2, 0.25) is 0 Å². The maximum Gasteiger partial charge on any atom is 0.145 e. The summed E-state index contributed by atoms with van der Waals surface area (Å²) in [4.78, 5) is 8.99. The molecule has 0 saturated heterocycles. The molecule has 3 rings (SSSR count). The van der Waals surface area contributed by atoms with Gasteiger partial charge in [-0.05, 0) is 18.2 Å². The molecule has 0 amide bonds. The lowest BCUT2D eigenvalue weighted by Crippen LogP contribution is -2.25. The summed E-state index contributed by atoms with van der Waals surface area (Å²) in [6.07, 6.45) is 4.11. The van der Waals surface area contributed by atoms with Gasteiger partial charge in [0.05, 0.1) is 22.1 Å². The standard InChI is InChI=1S/C14H12ClN5S/c15-9-4-7-18-13-10(5-8-17-12(9)13)19-20-14(21)11-3-1-2-6-16-11/h1-4,6-7,17H,5,8H2,(H,20,21)/b19-10-. The zero-order valence-electron chi connectivity index (χ0n) is 11.0. The molecule has 0 atom stereocenters. The van der Waals surface area contributed by atoms with Gasteiger partial charge in [0.1, 0.15) is 10.7 Å². The predicted octanol–water partition coefficient (Wildman–Crippen LogP) is 2.62. The molecule has 2 N–H and O–H groups in total. The van der Waals surface area contributed by atoms with E-state index >= 15 is 0 Å². The van der Waals surface area contributed by atoms with Crippen LogP contribution in [0.5, 0.6) is 0 Å². The lowest BCUT2D eigenvalue weighted by molar-refractivity contribution is 0.974. The van der Waals surface area contributed by atoms with Crippen LogP contribution in [-0.4, -0.2) is 27.2 Å². The number of nitrogens with one attached hydrogen (secondary N) is 2. The first-order chi connectivity index (χ1) is 10.3. The molecule has 2 aromatic heterocycles. The number of pyridine rings is 2. The smallest absolute Gasteiger partial charge is 0.145 e. The Balaban J connectivity index is 1.83. The number of aromatic nitrogens is 2. The molecule has 1 aliphatic rings. The van der Waals surface area contributed by atoms with Crippen molar-refractivity contribution in [2.75, 3.05) is 11.9 Å². The number of nitrogens with zero attached hydrogens (tertiary/aromatic N) is 3. The highest BCUT2D eigenvalue weighted by atomic mass is 35.5. The first kappa shape index (κ1) is 13.9. The molecular weight excluding hydrogens is 306 g/mol. The monoisotopic (exact) mass is 317 g/mol. The molecule has 0 saturated carbocycles. The first-order valence-electron chi connectivity index (χ1n) is 6.42. The van der Waals surface area contributed by atoms with E-state index in [4.69, 9.17) is 23.8 Å². The summed E-state index contributed by atoms with van der Waals surface area (Å²) in [5.41, 5.74) is 5.95. The van der Waals surface area contributed by atoms with E-state index < -0.39 is 0 Å². The Morgan fingerprint density at radius 1 is 1.29 bits per heavy atom. The summed E-state index contributed by atoms with van der Waals surface area (Å²) in [7, 11) is 0. The number of hydrogen-bond acceptors (Lipinski definition) is 5. The molecule has 7 heteroatoms. The fraction of sp³-hybridized carbons (Fsp3) is 0.143. The summed E-state index contributed by atoms with van der Waals surface area (Å²) < 4.78 is 0. The molecule has 0 aromatic carbocycles. The highest BCUT2D eigenvalue weighted by Gasteiger charge is 2.19. The van der Waals surface area contributed by atoms with Gasteiger partial charge in [-0.15, -0.1) is 0 Å². The van der Waals surface area contributed by atoms with Crippen LogP contribution in [0.2, 0.25) is 5.02 Å². The summed E-state index contributed by atoms with van der Waals surface area (Å²) in [6, 6.07) is 7.31. The van der Waals surface area contributed by atoms with E-state index in [1.54, 1.807) is 18.5 Å². The number of fused-ring (bicyclic) bond motifs is 1. The second kappa shape index (κ2) is 6.15. The molecule has 0 fully saturated rings. The van der Waals surface area contributed by atoms with Crippen LogP contribution in [0, 0.1) is 0 Å². The van der Waals surface area contributed by atoms with Crippen LogP contribution in [-0.2, 0) is 0 Å². The van der Waals surface area contributed by atoms with Crippen LogP contribution >= 0.6 is 23.8 Å². The summed E-state index contributed by atoms with van der Waals surface area (Å²) in [5.74, 6) is 0. The number of hydrogen-bond donors (Lipinski definition) is 2. The van der Waals surface area contributed by atoms with Crippen molar-refractivity contribution >= 4 is 40.2 Å². The molecular formula is C14H12ClN5S. The third kappa shape index (κ3) is 3.01. The molecule has 2 aromatic rings. The normalized spacial score (nSPS) is 15.2. The Morgan fingerprint density at radius 2 is 2.19 bits per heavy atom. The van der Waals surface area contributed by atoms with Gasteiger partial charge in [-0.3, -0.25) is 15.4 Å². The molecule has 5 nitrogen and oxygen atoms in total. The molecule has 21 heavy (non-hydrogen) atoms. The van der Waals surface area contributed by atoms with Gasteiger partial charge in [-0.2, -0.15) is 5.10 Å². The van der Waals surface area contributed by atoms with Crippen LogP contribution in [0.15, 0.2) is 41.8 Å². The number of anilines is 1. The van der Waals surface area contributed by atoms with Crippen molar-refractivity contribution < 1.29 is 0 Å². The third-order valence-electron chi connectivity index (χ3n) is 3.03. The van der Waals surface area contributed by atoms with Crippen LogP contribution in [0.1, 0.15) is 17.8 Å². The largest absolute Gasteiger partial charge is 0.382 e. The van der Waals surface area contributed by atoms with Crippen molar-refractivity contribution in [1.82, 2.24) is 15.4 Å². The molecule has 3 heterocycles. The topological polar surface area (TPSA) is 62.2 Å². The minimum Gasteiger partial charge on any atom is -0.382 e. The molecule has 0 spiro atoms. The Morgan fingerprint density at radius 3 is 3.00 bits per heavy atom. The first-order valence-corrected chi connectivity index (χ1v) is 7.21. The maximum absolute atomic E-state index is 6.15. The number of thiocarbonyl (C=S) groups is 1. The minimum atomic E-state index is 0.477. The summed E-state index contributed by atoms with van der Waals surface area (Å²) in [6.45, 7) is 0.759. The fourth-order valence-electron chi connectivity index (χ4n) is 2.03. The Hall–Kier alpha value is -2.05. The molecule has 0 radical (unpaired) electrons. The summed E-state index contributed by atoms with van der Waals surface area (Å²) >= 11 is 11.4. The van der Waals surface area contributed by atoms with Crippen molar-refractivity contribution in [2.45, 2.75) is 6.42 Å². The number of halogens is 1. The van der Waals surface area contributed by atoms with Gasteiger partial charge in [0.15, 0.2) is 0 Å². The van der Waals surface area contributed by atoms with E-state index in [1.165, 1.54) is 0 Å². The van der Waals surface area contributed by atoms with Crippen LogP contribution in [0.25, 0.3) is 0 Å². The van der Waals surface area contributed by atoms with Gasteiger partial charge in [-0.25, -0.2) is 0 Å². The van der Waals surface area contributed by atoms with Gasteiger partial charge in [0.25, 0.3) is 0 Å².